The van der Waals surface area contributed by atoms with E-state index in [1.807, 2.05) is 45.0 Å². The van der Waals surface area contributed by atoms with Gasteiger partial charge in [0.15, 0.2) is 6.10 Å². The molecule has 0 heterocycles. The summed E-state index contributed by atoms with van der Waals surface area (Å²) in [4.78, 5) is 24.7. The molecule has 1 fully saturated rings. The summed E-state index contributed by atoms with van der Waals surface area (Å²) in [5.41, 5.74) is 0.672. The Labute approximate surface area is 191 Å². The van der Waals surface area contributed by atoms with Crippen LogP contribution in [0.15, 0.2) is 24.3 Å². The van der Waals surface area contributed by atoms with Gasteiger partial charge in [-0.1, -0.05) is 12.1 Å². The zero-order valence-corrected chi connectivity index (χ0v) is 19.9. The van der Waals surface area contributed by atoms with Crippen molar-refractivity contribution >= 4 is 12.0 Å². The lowest BCUT2D eigenvalue weighted by atomic mass is 9.83. The minimum absolute atomic E-state index is 0.0749. The molecule has 0 saturated heterocycles. The lowest BCUT2D eigenvalue weighted by Crippen LogP contribution is -2.46. The molecule has 1 unspecified atom stereocenters. The molecule has 0 aromatic heterocycles. The van der Waals surface area contributed by atoms with E-state index in [-0.39, 0.29) is 24.7 Å². The maximum absolute atomic E-state index is 12.5. The van der Waals surface area contributed by atoms with Gasteiger partial charge in [-0.25, -0.2) is 4.79 Å². The van der Waals surface area contributed by atoms with Crippen LogP contribution in [0.4, 0.5) is 4.79 Å². The number of amides is 2. The zero-order chi connectivity index (χ0) is 23.6. The Morgan fingerprint density at radius 2 is 1.72 bits per heavy atom. The van der Waals surface area contributed by atoms with Crippen molar-refractivity contribution in [3.8, 4) is 5.75 Å². The maximum Gasteiger partial charge on any atom is 0.408 e. The topological polar surface area (TPSA) is 95.1 Å². The van der Waals surface area contributed by atoms with Gasteiger partial charge in [0, 0.05) is 12.6 Å². The Morgan fingerprint density at radius 3 is 2.28 bits per heavy atom. The minimum Gasteiger partial charge on any atom is -0.497 e. The Balaban J connectivity index is 1.82. The van der Waals surface area contributed by atoms with E-state index in [2.05, 4.69) is 10.6 Å². The summed E-state index contributed by atoms with van der Waals surface area (Å²) in [5, 5.41) is 5.39. The van der Waals surface area contributed by atoms with Crippen molar-refractivity contribution in [3.63, 3.8) is 0 Å². The standard InChI is InChI=1S/C24H38N2O6/c1-24(2,3)26-23(28)32-21(22(27)25-16-29-4)14-17-6-12-20(13-7-17)31-15-18-8-10-19(30-5)11-9-18/h8-11,17,20-21H,6-7,12-16H2,1-5H3,(H,25,27)(H,26,28). The predicted octanol–water partition coefficient (Wildman–Crippen LogP) is 3.77. The highest BCUT2D eigenvalue weighted by Gasteiger charge is 2.30. The molecule has 1 aliphatic rings. The summed E-state index contributed by atoms with van der Waals surface area (Å²) < 4.78 is 21.7. The van der Waals surface area contributed by atoms with E-state index >= 15 is 0 Å². The Kier molecular flexibility index (Phi) is 10.3. The number of methoxy groups -OCH3 is 2. The van der Waals surface area contributed by atoms with Crippen LogP contribution in [0.1, 0.15) is 58.4 Å². The highest BCUT2D eigenvalue weighted by molar-refractivity contribution is 5.83. The van der Waals surface area contributed by atoms with Gasteiger partial charge in [0.1, 0.15) is 12.5 Å². The Morgan fingerprint density at radius 1 is 1.06 bits per heavy atom. The zero-order valence-electron chi connectivity index (χ0n) is 19.9. The third-order valence-electron chi connectivity index (χ3n) is 5.40. The van der Waals surface area contributed by atoms with Crippen molar-refractivity contribution in [2.45, 2.75) is 77.2 Å². The quantitative estimate of drug-likeness (QED) is 0.527. The van der Waals surface area contributed by atoms with Gasteiger partial charge in [-0.3, -0.25) is 4.79 Å². The van der Waals surface area contributed by atoms with Crippen molar-refractivity contribution in [2.24, 2.45) is 5.92 Å². The molecule has 180 valence electrons. The van der Waals surface area contributed by atoms with Crippen LogP contribution in [-0.4, -0.2) is 50.7 Å². The summed E-state index contributed by atoms with van der Waals surface area (Å²) in [7, 11) is 3.15. The summed E-state index contributed by atoms with van der Waals surface area (Å²) >= 11 is 0. The van der Waals surface area contributed by atoms with Crippen LogP contribution in [-0.2, 0) is 25.6 Å². The average Bonchev–Trinajstić information content (AvgIpc) is 2.75. The van der Waals surface area contributed by atoms with Crippen molar-refractivity contribution in [3.05, 3.63) is 29.8 Å². The Hall–Kier alpha value is -2.32. The first-order valence-electron chi connectivity index (χ1n) is 11.2. The number of carbonyl (C=O) groups excluding carboxylic acids is 2. The second-order valence-electron chi connectivity index (χ2n) is 9.28. The highest BCUT2D eigenvalue weighted by atomic mass is 16.6. The second-order valence-corrected chi connectivity index (χ2v) is 9.28. The second kappa shape index (κ2) is 12.6. The lowest BCUT2D eigenvalue weighted by Gasteiger charge is -2.31. The molecule has 8 heteroatoms. The van der Waals surface area contributed by atoms with Gasteiger partial charge >= 0.3 is 6.09 Å². The van der Waals surface area contributed by atoms with Gasteiger partial charge in [-0.05, 0) is 76.5 Å². The smallest absolute Gasteiger partial charge is 0.408 e. The van der Waals surface area contributed by atoms with Crippen LogP contribution in [0.2, 0.25) is 0 Å². The number of hydrogen-bond acceptors (Lipinski definition) is 6. The number of carbonyl (C=O) groups is 2. The molecule has 1 saturated carbocycles. The molecule has 0 bridgehead atoms. The van der Waals surface area contributed by atoms with Crippen LogP contribution >= 0.6 is 0 Å². The van der Waals surface area contributed by atoms with Crippen molar-refractivity contribution in [1.29, 1.82) is 0 Å². The summed E-state index contributed by atoms with van der Waals surface area (Å²) in [6.07, 6.45) is 2.92. The minimum atomic E-state index is -0.853. The molecule has 1 aromatic rings. The number of ether oxygens (including phenoxy) is 4. The van der Waals surface area contributed by atoms with E-state index in [0.717, 1.165) is 37.0 Å². The maximum atomic E-state index is 12.5. The first-order valence-corrected chi connectivity index (χ1v) is 11.2. The fourth-order valence-corrected chi connectivity index (χ4v) is 3.70. The van der Waals surface area contributed by atoms with Gasteiger partial charge < -0.3 is 29.6 Å². The van der Waals surface area contributed by atoms with Crippen molar-refractivity contribution < 1.29 is 28.5 Å². The molecule has 1 aromatic carbocycles. The van der Waals surface area contributed by atoms with Gasteiger partial charge in [0.05, 0.1) is 19.8 Å². The van der Waals surface area contributed by atoms with E-state index in [0.29, 0.717) is 13.0 Å². The molecule has 0 radical (unpaired) electrons. The van der Waals surface area contributed by atoms with E-state index in [1.54, 1.807) is 7.11 Å². The average molecular weight is 451 g/mol. The fourth-order valence-electron chi connectivity index (χ4n) is 3.70. The van der Waals surface area contributed by atoms with Crippen LogP contribution < -0.4 is 15.4 Å². The third-order valence-corrected chi connectivity index (χ3v) is 5.40. The number of hydrogen-bond donors (Lipinski definition) is 2. The molecular weight excluding hydrogens is 412 g/mol. The fraction of sp³-hybridized carbons (Fsp3) is 0.667. The summed E-state index contributed by atoms with van der Waals surface area (Å²) in [6, 6.07) is 7.88. The highest BCUT2D eigenvalue weighted by Crippen LogP contribution is 2.31. The molecule has 1 atom stereocenters. The SMILES string of the molecule is COCNC(=O)C(CC1CCC(OCc2ccc(OC)cc2)CC1)OC(=O)NC(C)(C)C. The van der Waals surface area contributed by atoms with Crippen LogP contribution in [0.5, 0.6) is 5.75 Å². The molecule has 0 spiro atoms. The molecule has 2 N–H and O–H groups in total. The van der Waals surface area contributed by atoms with Gasteiger partial charge in [-0.15, -0.1) is 0 Å². The normalized spacial score (nSPS) is 19.7. The van der Waals surface area contributed by atoms with Crippen LogP contribution in [0, 0.1) is 5.92 Å². The van der Waals surface area contributed by atoms with E-state index in [1.165, 1.54) is 7.11 Å². The van der Waals surface area contributed by atoms with Crippen molar-refractivity contribution in [2.75, 3.05) is 21.0 Å². The molecule has 32 heavy (non-hydrogen) atoms. The van der Waals surface area contributed by atoms with Crippen molar-refractivity contribution in [1.82, 2.24) is 10.6 Å². The molecule has 1 aliphatic carbocycles. The number of benzene rings is 1. The first-order chi connectivity index (χ1) is 15.2. The molecule has 2 rings (SSSR count). The molecule has 0 aliphatic heterocycles. The number of nitrogens with one attached hydrogen (secondary N) is 2. The van der Waals surface area contributed by atoms with Gasteiger partial charge in [0.2, 0.25) is 0 Å². The summed E-state index contributed by atoms with van der Waals surface area (Å²) in [6.45, 7) is 6.23. The monoisotopic (exact) mass is 450 g/mol. The predicted molar refractivity (Wildman–Crippen MR) is 121 cm³/mol. The van der Waals surface area contributed by atoms with Crippen LogP contribution in [0.25, 0.3) is 0 Å². The van der Waals surface area contributed by atoms with Gasteiger partial charge in [-0.2, -0.15) is 0 Å². The third kappa shape index (κ3) is 9.44. The molecule has 8 nitrogen and oxygen atoms in total. The van der Waals surface area contributed by atoms with E-state index in [9.17, 15) is 9.59 Å². The van der Waals surface area contributed by atoms with Gasteiger partial charge in [0.25, 0.3) is 5.91 Å². The Bertz CT molecular complexity index is 708. The first kappa shape index (κ1) is 25.9. The van der Waals surface area contributed by atoms with E-state index < -0.39 is 17.7 Å². The largest absolute Gasteiger partial charge is 0.497 e. The van der Waals surface area contributed by atoms with Crippen LogP contribution in [0.3, 0.4) is 0 Å². The summed E-state index contributed by atoms with van der Waals surface area (Å²) in [5.74, 6) is 0.780. The number of alkyl carbamates (subject to hydrolysis) is 1. The molecular formula is C24H38N2O6. The molecule has 2 amide bonds. The number of rotatable bonds is 10. The lowest BCUT2D eigenvalue weighted by molar-refractivity contribution is -0.132. The van der Waals surface area contributed by atoms with E-state index in [4.69, 9.17) is 18.9 Å².